The Hall–Kier alpha value is -2.87. The lowest BCUT2D eigenvalue weighted by Crippen LogP contribution is -2.43. The van der Waals surface area contributed by atoms with Gasteiger partial charge in [-0.15, -0.1) is 0 Å². The molecule has 7 nitrogen and oxygen atoms in total. The number of aromatic nitrogens is 1. The second kappa shape index (κ2) is 11.7. The van der Waals surface area contributed by atoms with Crippen molar-refractivity contribution in [2.45, 2.75) is 58.2 Å². The smallest absolute Gasteiger partial charge is 0.259 e. The Morgan fingerprint density at radius 2 is 1.89 bits per heavy atom. The van der Waals surface area contributed by atoms with Crippen LogP contribution >= 0.6 is 11.6 Å². The number of carbonyl (C=O) groups excluding carboxylic acids is 1. The van der Waals surface area contributed by atoms with Gasteiger partial charge in [0.1, 0.15) is 12.3 Å². The normalized spacial score (nSPS) is 15.2. The molecule has 0 atom stereocenters. The van der Waals surface area contributed by atoms with Gasteiger partial charge in [-0.3, -0.25) is 14.2 Å². The largest absolute Gasteiger partial charge is 0.494 e. The molecule has 4 rings (SSSR count). The second-order valence-electron chi connectivity index (χ2n) is 10.8. The van der Waals surface area contributed by atoms with Crippen LogP contribution in [0.4, 0.5) is 0 Å². The summed E-state index contributed by atoms with van der Waals surface area (Å²) in [6.07, 6.45) is 2.33. The summed E-state index contributed by atoms with van der Waals surface area (Å²) in [6, 6.07) is 14.7. The minimum atomic E-state index is -0.414. The lowest BCUT2D eigenvalue weighted by molar-refractivity contribution is -0.123. The molecule has 1 fully saturated rings. The van der Waals surface area contributed by atoms with E-state index in [1.165, 1.54) is 4.57 Å². The number of halogens is 1. The Kier molecular flexibility index (Phi) is 8.57. The molecule has 2 aromatic carbocycles. The third-order valence-corrected chi connectivity index (χ3v) is 6.70. The Balaban J connectivity index is 1.57. The highest BCUT2D eigenvalue weighted by Crippen LogP contribution is 2.27. The first-order valence-electron chi connectivity index (χ1n) is 12.9. The van der Waals surface area contributed by atoms with Gasteiger partial charge in [0.15, 0.2) is 0 Å². The lowest BCUT2D eigenvalue weighted by Gasteiger charge is -2.29. The van der Waals surface area contributed by atoms with E-state index in [9.17, 15) is 14.7 Å². The number of aliphatic hydroxyl groups is 1. The molecule has 0 bridgehead atoms. The summed E-state index contributed by atoms with van der Waals surface area (Å²) in [4.78, 5) is 28.9. The first kappa shape index (κ1) is 27.2. The van der Waals surface area contributed by atoms with Gasteiger partial charge in [0, 0.05) is 30.2 Å². The molecule has 8 heteroatoms. The van der Waals surface area contributed by atoms with Crippen LogP contribution in [-0.4, -0.2) is 58.4 Å². The molecule has 37 heavy (non-hydrogen) atoms. The average molecular weight is 526 g/mol. The van der Waals surface area contributed by atoms with Crippen molar-refractivity contribution in [3.63, 3.8) is 0 Å². The van der Waals surface area contributed by atoms with Crippen LogP contribution in [0.1, 0.15) is 40.0 Å². The molecular weight excluding hydrogens is 490 g/mol. The number of likely N-dealkylation sites (tertiary alicyclic amines) is 1. The maximum absolute atomic E-state index is 13.7. The van der Waals surface area contributed by atoms with E-state index in [1.807, 2.05) is 51.1 Å². The number of hydrogen-bond donors (Lipinski definition) is 2. The van der Waals surface area contributed by atoms with E-state index in [-0.39, 0.29) is 24.1 Å². The molecule has 2 N–H and O–H groups in total. The van der Waals surface area contributed by atoms with Crippen molar-refractivity contribution in [2.75, 3.05) is 26.2 Å². The van der Waals surface area contributed by atoms with E-state index >= 15 is 0 Å². The van der Waals surface area contributed by atoms with E-state index in [2.05, 4.69) is 10.2 Å². The maximum atomic E-state index is 13.7. The van der Waals surface area contributed by atoms with Crippen LogP contribution in [0.25, 0.3) is 22.0 Å². The van der Waals surface area contributed by atoms with Crippen molar-refractivity contribution in [1.29, 1.82) is 0 Å². The third-order valence-electron chi connectivity index (χ3n) is 6.46. The second-order valence-corrected chi connectivity index (χ2v) is 11.2. The van der Waals surface area contributed by atoms with Crippen molar-refractivity contribution in [3.8, 4) is 17.0 Å². The van der Waals surface area contributed by atoms with Gasteiger partial charge < -0.3 is 20.1 Å². The summed E-state index contributed by atoms with van der Waals surface area (Å²) < 4.78 is 7.48. The average Bonchev–Trinajstić information content (AvgIpc) is 2.83. The molecule has 0 saturated carbocycles. The first-order valence-corrected chi connectivity index (χ1v) is 13.2. The van der Waals surface area contributed by atoms with Gasteiger partial charge in [-0.2, -0.15) is 0 Å². The van der Waals surface area contributed by atoms with Gasteiger partial charge >= 0.3 is 0 Å². The zero-order valence-electron chi connectivity index (χ0n) is 21.8. The summed E-state index contributed by atoms with van der Waals surface area (Å²) >= 11 is 6.24. The van der Waals surface area contributed by atoms with Crippen molar-refractivity contribution >= 4 is 28.3 Å². The standard InChI is InChI=1S/C29H36ClN3O4/c1-29(2,3)31-27(35)19-33-26(21-6-4-7-22(30)16-21)17-20-8-9-24(18-25(20)28(33)36)37-15-5-12-32-13-10-23(34)11-14-32/h4,6-9,16-18,23,34H,5,10-15,19H2,1-3H3,(H,31,35). The van der Waals surface area contributed by atoms with Crippen LogP contribution in [0.15, 0.2) is 53.3 Å². The SMILES string of the molecule is CC(C)(C)NC(=O)Cn1c(-c2cccc(Cl)c2)cc2ccc(OCCCN3CCC(O)CC3)cc2c1=O. The van der Waals surface area contributed by atoms with E-state index < -0.39 is 5.54 Å². The summed E-state index contributed by atoms with van der Waals surface area (Å²) in [5.74, 6) is 0.384. The number of nitrogens with zero attached hydrogens (tertiary/aromatic N) is 2. The van der Waals surface area contributed by atoms with Crippen LogP contribution in [-0.2, 0) is 11.3 Å². The van der Waals surface area contributed by atoms with Crippen molar-refractivity contribution in [1.82, 2.24) is 14.8 Å². The van der Waals surface area contributed by atoms with E-state index in [1.54, 1.807) is 18.2 Å². The summed E-state index contributed by atoms with van der Waals surface area (Å²) in [5.41, 5.74) is 0.724. The summed E-state index contributed by atoms with van der Waals surface area (Å²) in [7, 11) is 0. The Bertz CT molecular complexity index is 1310. The molecule has 0 spiro atoms. The van der Waals surface area contributed by atoms with E-state index in [0.29, 0.717) is 28.5 Å². The first-order chi connectivity index (χ1) is 17.6. The van der Waals surface area contributed by atoms with E-state index in [0.717, 1.165) is 49.8 Å². The monoisotopic (exact) mass is 525 g/mol. The number of rotatable bonds is 8. The van der Waals surface area contributed by atoms with Gasteiger partial charge in [0.05, 0.1) is 23.8 Å². The van der Waals surface area contributed by atoms with Gasteiger partial charge in [-0.05, 0) is 81.3 Å². The van der Waals surface area contributed by atoms with Gasteiger partial charge in [-0.25, -0.2) is 0 Å². The zero-order valence-corrected chi connectivity index (χ0v) is 22.6. The van der Waals surface area contributed by atoms with Gasteiger partial charge in [0.25, 0.3) is 5.56 Å². The molecule has 198 valence electrons. The number of nitrogens with one attached hydrogen (secondary N) is 1. The number of benzene rings is 2. The molecule has 1 aliphatic heterocycles. The number of hydrogen-bond acceptors (Lipinski definition) is 5. The molecule has 0 aliphatic carbocycles. The van der Waals surface area contributed by atoms with Gasteiger partial charge in [-0.1, -0.05) is 29.8 Å². The maximum Gasteiger partial charge on any atom is 0.259 e. The van der Waals surface area contributed by atoms with Crippen LogP contribution in [0, 0.1) is 0 Å². The fraction of sp³-hybridized carbons (Fsp3) is 0.448. The molecule has 1 aliphatic rings. The molecule has 3 aromatic rings. The highest BCUT2D eigenvalue weighted by atomic mass is 35.5. The van der Waals surface area contributed by atoms with Crippen molar-refractivity contribution < 1.29 is 14.6 Å². The number of amides is 1. The van der Waals surface area contributed by atoms with Crippen LogP contribution < -0.4 is 15.6 Å². The molecular formula is C29H36ClN3O4. The quantitative estimate of drug-likeness (QED) is 0.424. The molecule has 2 heterocycles. The Morgan fingerprint density at radius 1 is 1.14 bits per heavy atom. The van der Waals surface area contributed by atoms with Crippen LogP contribution in [0.2, 0.25) is 5.02 Å². The minimum Gasteiger partial charge on any atom is -0.494 e. The third kappa shape index (κ3) is 7.34. The fourth-order valence-corrected chi connectivity index (χ4v) is 4.87. The Morgan fingerprint density at radius 3 is 2.59 bits per heavy atom. The number of ether oxygens (including phenoxy) is 1. The highest BCUT2D eigenvalue weighted by Gasteiger charge is 2.19. The molecule has 1 amide bonds. The van der Waals surface area contributed by atoms with E-state index in [4.69, 9.17) is 16.3 Å². The predicted octanol–water partition coefficient (Wildman–Crippen LogP) is 4.46. The molecule has 1 saturated heterocycles. The minimum absolute atomic E-state index is 0.108. The van der Waals surface area contributed by atoms with Crippen LogP contribution in [0.3, 0.4) is 0 Å². The number of piperidine rings is 1. The predicted molar refractivity (Wildman–Crippen MR) is 148 cm³/mol. The number of pyridine rings is 1. The number of fused-ring (bicyclic) bond motifs is 1. The van der Waals surface area contributed by atoms with Crippen molar-refractivity contribution in [3.05, 3.63) is 63.9 Å². The van der Waals surface area contributed by atoms with Crippen molar-refractivity contribution in [2.24, 2.45) is 0 Å². The summed E-state index contributed by atoms with van der Waals surface area (Å²) in [5, 5.41) is 14.4. The molecule has 0 unspecified atom stereocenters. The number of aliphatic hydroxyl groups excluding tert-OH is 1. The summed E-state index contributed by atoms with van der Waals surface area (Å²) in [6.45, 7) is 8.89. The number of carbonyl (C=O) groups is 1. The molecule has 1 aromatic heterocycles. The zero-order chi connectivity index (χ0) is 26.6. The van der Waals surface area contributed by atoms with Crippen LogP contribution in [0.5, 0.6) is 5.75 Å². The molecule has 0 radical (unpaired) electrons. The lowest BCUT2D eigenvalue weighted by atomic mass is 10.1. The Labute approximate surface area is 223 Å². The highest BCUT2D eigenvalue weighted by molar-refractivity contribution is 6.30. The van der Waals surface area contributed by atoms with Gasteiger partial charge in [0.2, 0.25) is 5.91 Å². The fourth-order valence-electron chi connectivity index (χ4n) is 4.68. The topological polar surface area (TPSA) is 83.8 Å².